The number of allylic oxidation sites excluding steroid dienone is 1. The number of unbranched alkanes of at least 4 members (excludes halogenated alkanes) is 1. The van der Waals surface area contributed by atoms with Crippen molar-refractivity contribution >= 4 is 27.9 Å². The molecule has 9 heteroatoms. The maximum absolute atomic E-state index is 13.2. The molecule has 0 spiro atoms. The third-order valence-electron chi connectivity index (χ3n) is 6.10. The number of imidazole rings is 1. The molecule has 0 saturated heterocycles. The van der Waals surface area contributed by atoms with Gasteiger partial charge in [0.25, 0.3) is 5.91 Å². The number of hydrogen-bond donors (Lipinski definition) is 3. The summed E-state index contributed by atoms with van der Waals surface area (Å²) in [7, 11) is 0. The Bertz CT molecular complexity index is 1420. The van der Waals surface area contributed by atoms with E-state index in [-0.39, 0.29) is 24.3 Å². The van der Waals surface area contributed by atoms with Gasteiger partial charge in [0.05, 0.1) is 35.8 Å². The molecule has 2 aromatic heterocycles. The predicted octanol–water partition coefficient (Wildman–Crippen LogP) is 3.49. The van der Waals surface area contributed by atoms with Gasteiger partial charge in [0.2, 0.25) is 6.29 Å². The standard InChI is InChI=1S/C27H27N3O6/c31-11-5-6-12-34-25-14-17(19-16-35-22-10-4-1-7-18(22)26(19)32)13-23(36-25)27(33)28-15-24-29-20-8-2-3-9-21(20)30-24/h1-4,7-10,13,16-17,25,31H,5-6,11-12,14-15H2,(H,28,33)(H,29,30)/t17-,25+/m0/s1. The first-order valence-corrected chi connectivity index (χ1v) is 12.0. The minimum absolute atomic E-state index is 0.0714. The summed E-state index contributed by atoms with van der Waals surface area (Å²) < 4.78 is 17.4. The van der Waals surface area contributed by atoms with Crippen molar-refractivity contribution in [3.8, 4) is 0 Å². The van der Waals surface area contributed by atoms with Crippen molar-refractivity contribution in [2.24, 2.45) is 0 Å². The lowest BCUT2D eigenvalue weighted by molar-refractivity contribution is -0.146. The zero-order valence-corrected chi connectivity index (χ0v) is 19.6. The molecule has 2 aromatic carbocycles. The van der Waals surface area contributed by atoms with Gasteiger partial charge >= 0.3 is 0 Å². The highest BCUT2D eigenvalue weighted by Gasteiger charge is 2.30. The van der Waals surface area contributed by atoms with E-state index in [1.165, 1.54) is 6.26 Å². The average Bonchev–Trinajstić information content (AvgIpc) is 3.33. The fourth-order valence-corrected chi connectivity index (χ4v) is 4.25. The first-order chi connectivity index (χ1) is 17.6. The van der Waals surface area contributed by atoms with E-state index >= 15 is 0 Å². The Hall–Kier alpha value is -3.95. The molecule has 1 aliphatic heterocycles. The Morgan fingerprint density at radius 1 is 1.17 bits per heavy atom. The highest BCUT2D eigenvalue weighted by molar-refractivity contribution is 5.91. The van der Waals surface area contributed by atoms with Gasteiger partial charge in [-0.05, 0) is 43.2 Å². The lowest BCUT2D eigenvalue weighted by Crippen LogP contribution is -2.33. The first-order valence-electron chi connectivity index (χ1n) is 12.0. The molecule has 0 unspecified atom stereocenters. The number of rotatable bonds is 9. The van der Waals surface area contributed by atoms with Crippen LogP contribution in [0.3, 0.4) is 0 Å². The van der Waals surface area contributed by atoms with Gasteiger partial charge in [0.15, 0.2) is 11.2 Å². The lowest BCUT2D eigenvalue weighted by Gasteiger charge is -2.29. The second kappa shape index (κ2) is 10.8. The largest absolute Gasteiger partial charge is 0.464 e. The summed E-state index contributed by atoms with van der Waals surface area (Å²) in [5.41, 5.74) is 2.48. The number of aliphatic hydroxyl groups is 1. The number of carbonyl (C=O) groups excluding carboxylic acids is 1. The normalized spacial score (nSPS) is 17.6. The molecule has 0 radical (unpaired) electrons. The third-order valence-corrected chi connectivity index (χ3v) is 6.10. The van der Waals surface area contributed by atoms with E-state index in [9.17, 15) is 9.59 Å². The number of ether oxygens (including phenoxy) is 2. The second-order valence-corrected chi connectivity index (χ2v) is 8.62. The Labute approximate surface area is 206 Å². The Morgan fingerprint density at radius 3 is 2.86 bits per heavy atom. The molecule has 2 atom stereocenters. The van der Waals surface area contributed by atoms with Crippen molar-refractivity contribution < 1.29 is 23.8 Å². The number of H-pyrrole nitrogens is 1. The van der Waals surface area contributed by atoms with Crippen molar-refractivity contribution in [3.63, 3.8) is 0 Å². The molecular formula is C27H27N3O6. The maximum Gasteiger partial charge on any atom is 0.286 e. The summed E-state index contributed by atoms with van der Waals surface area (Å²) in [5.74, 6) is -0.185. The quantitative estimate of drug-likeness (QED) is 0.307. The van der Waals surface area contributed by atoms with Crippen LogP contribution in [0, 0.1) is 0 Å². The maximum atomic E-state index is 13.2. The fraction of sp³-hybridized carbons (Fsp3) is 0.296. The number of amides is 1. The molecule has 1 amide bonds. The number of nitrogens with one attached hydrogen (secondary N) is 2. The van der Waals surface area contributed by atoms with Crippen molar-refractivity contribution in [1.82, 2.24) is 15.3 Å². The van der Waals surface area contributed by atoms with Gasteiger partial charge in [-0.1, -0.05) is 24.3 Å². The van der Waals surface area contributed by atoms with Gasteiger partial charge in [0, 0.05) is 24.5 Å². The Balaban J connectivity index is 1.37. The van der Waals surface area contributed by atoms with Crippen LogP contribution >= 0.6 is 0 Å². The van der Waals surface area contributed by atoms with Gasteiger partial charge < -0.3 is 29.3 Å². The van der Waals surface area contributed by atoms with E-state index in [0.29, 0.717) is 48.2 Å². The van der Waals surface area contributed by atoms with Crippen molar-refractivity contribution in [3.05, 3.63) is 88.2 Å². The van der Waals surface area contributed by atoms with Gasteiger partial charge in [-0.3, -0.25) is 9.59 Å². The summed E-state index contributed by atoms with van der Waals surface area (Å²) in [5, 5.41) is 12.3. The zero-order valence-electron chi connectivity index (χ0n) is 19.6. The van der Waals surface area contributed by atoms with Crippen LogP contribution in [0.2, 0.25) is 0 Å². The molecule has 0 fully saturated rings. The molecule has 4 aromatic rings. The molecular weight excluding hydrogens is 462 g/mol. The number of benzene rings is 2. The van der Waals surface area contributed by atoms with Crippen LogP contribution in [-0.4, -0.2) is 40.5 Å². The highest BCUT2D eigenvalue weighted by Crippen LogP contribution is 2.31. The number of aromatic amines is 1. The molecule has 186 valence electrons. The molecule has 36 heavy (non-hydrogen) atoms. The van der Waals surface area contributed by atoms with E-state index in [1.807, 2.05) is 24.3 Å². The van der Waals surface area contributed by atoms with Crippen LogP contribution in [0.25, 0.3) is 22.0 Å². The van der Waals surface area contributed by atoms with E-state index in [1.54, 1.807) is 30.3 Å². The predicted molar refractivity (Wildman–Crippen MR) is 133 cm³/mol. The van der Waals surface area contributed by atoms with E-state index in [2.05, 4.69) is 15.3 Å². The van der Waals surface area contributed by atoms with E-state index in [0.717, 1.165) is 11.0 Å². The summed E-state index contributed by atoms with van der Waals surface area (Å²) >= 11 is 0. The molecule has 0 saturated carbocycles. The second-order valence-electron chi connectivity index (χ2n) is 8.62. The number of nitrogens with zero attached hydrogens (tertiary/aromatic N) is 1. The smallest absolute Gasteiger partial charge is 0.286 e. The topological polar surface area (TPSA) is 127 Å². The van der Waals surface area contributed by atoms with Gasteiger partial charge in [0.1, 0.15) is 11.4 Å². The Kier molecular flexibility index (Phi) is 7.11. The van der Waals surface area contributed by atoms with Crippen LogP contribution in [0.4, 0.5) is 0 Å². The van der Waals surface area contributed by atoms with Crippen LogP contribution in [-0.2, 0) is 20.8 Å². The minimum Gasteiger partial charge on any atom is -0.464 e. The number of fused-ring (bicyclic) bond motifs is 2. The molecule has 9 nitrogen and oxygen atoms in total. The molecule has 3 heterocycles. The number of carbonyl (C=O) groups is 1. The van der Waals surface area contributed by atoms with Crippen LogP contribution in [0.1, 0.15) is 36.6 Å². The van der Waals surface area contributed by atoms with Gasteiger partial charge in [-0.2, -0.15) is 0 Å². The summed E-state index contributed by atoms with van der Waals surface area (Å²) in [4.78, 5) is 33.9. The number of para-hydroxylation sites is 3. The number of aliphatic hydroxyl groups excluding tert-OH is 1. The number of aromatic nitrogens is 2. The SMILES string of the molecule is O=C(NCc1nc2ccccc2[nH]1)C1=C[C@H](c2coc3ccccc3c2=O)C[C@H](OCCCCO)O1. The summed E-state index contributed by atoms with van der Waals surface area (Å²) in [6.45, 7) is 0.613. The lowest BCUT2D eigenvalue weighted by atomic mass is 9.93. The molecule has 0 aliphatic carbocycles. The van der Waals surface area contributed by atoms with Gasteiger partial charge in [-0.25, -0.2) is 4.98 Å². The number of hydrogen-bond acceptors (Lipinski definition) is 7. The monoisotopic (exact) mass is 489 g/mol. The molecule has 3 N–H and O–H groups in total. The summed E-state index contributed by atoms with van der Waals surface area (Å²) in [6.07, 6.45) is 3.97. The molecule has 1 aliphatic rings. The molecule has 0 bridgehead atoms. The van der Waals surface area contributed by atoms with Crippen LogP contribution < -0.4 is 10.7 Å². The third kappa shape index (κ3) is 5.17. The Morgan fingerprint density at radius 2 is 2.00 bits per heavy atom. The van der Waals surface area contributed by atoms with Crippen LogP contribution in [0.5, 0.6) is 0 Å². The van der Waals surface area contributed by atoms with E-state index < -0.39 is 18.1 Å². The first kappa shape index (κ1) is 23.8. The van der Waals surface area contributed by atoms with Crippen molar-refractivity contribution in [2.75, 3.05) is 13.2 Å². The minimum atomic E-state index is -0.725. The summed E-state index contributed by atoms with van der Waals surface area (Å²) in [6, 6.07) is 14.7. The van der Waals surface area contributed by atoms with Crippen molar-refractivity contribution in [1.29, 1.82) is 0 Å². The zero-order chi connectivity index (χ0) is 24.9. The highest BCUT2D eigenvalue weighted by atomic mass is 16.7. The van der Waals surface area contributed by atoms with Crippen molar-refractivity contribution in [2.45, 2.75) is 38.0 Å². The average molecular weight is 490 g/mol. The van der Waals surface area contributed by atoms with E-state index in [4.69, 9.17) is 19.0 Å². The van der Waals surface area contributed by atoms with Crippen LogP contribution in [0.15, 0.2) is 75.8 Å². The molecule has 5 rings (SSSR count). The fourth-order valence-electron chi connectivity index (χ4n) is 4.25. The van der Waals surface area contributed by atoms with Gasteiger partial charge in [-0.15, -0.1) is 0 Å².